The van der Waals surface area contributed by atoms with Gasteiger partial charge in [0.25, 0.3) is 5.91 Å². The molecule has 2 fully saturated rings. The maximum Gasteiger partial charge on any atom is 0.273 e. The van der Waals surface area contributed by atoms with Crippen LogP contribution in [0.3, 0.4) is 0 Å². The monoisotopic (exact) mass is 440 g/mol. The SMILES string of the molecule is CC(NC(=O)c1cn(C2CCNCC2)nn1)c1cccc(N2CCCC2)c1.Cl.Cl. The summed E-state index contributed by atoms with van der Waals surface area (Å²) in [6.07, 6.45) is 6.32. The number of benzene rings is 1. The second-order valence-electron chi connectivity index (χ2n) is 7.55. The molecule has 0 saturated carbocycles. The first-order chi connectivity index (χ1) is 13.2. The molecule has 160 valence electrons. The quantitative estimate of drug-likeness (QED) is 0.746. The number of nitrogens with one attached hydrogen (secondary N) is 2. The van der Waals surface area contributed by atoms with Crippen LogP contribution in [0.4, 0.5) is 5.69 Å². The fourth-order valence-corrected chi connectivity index (χ4v) is 3.95. The number of amides is 1. The van der Waals surface area contributed by atoms with Crippen molar-refractivity contribution in [2.24, 2.45) is 0 Å². The van der Waals surface area contributed by atoms with Gasteiger partial charge in [-0.05, 0) is 63.4 Å². The minimum atomic E-state index is -0.172. The number of hydrogen-bond donors (Lipinski definition) is 2. The van der Waals surface area contributed by atoms with Crippen LogP contribution in [0.25, 0.3) is 0 Å². The van der Waals surface area contributed by atoms with Gasteiger partial charge in [-0.1, -0.05) is 17.3 Å². The highest BCUT2D eigenvalue weighted by Gasteiger charge is 2.20. The van der Waals surface area contributed by atoms with Crippen molar-refractivity contribution in [3.63, 3.8) is 0 Å². The molecule has 3 heterocycles. The molecule has 1 aromatic heterocycles. The van der Waals surface area contributed by atoms with Gasteiger partial charge in [-0.3, -0.25) is 4.79 Å². The number of nitrogens with zero attached hydrogens (tertiary/aromatic N) is 4. The van der Waals surface area contributed by atoms with E-state index >= 15 is 0 Å². The molecule has 2 aliphatic heterocycles. The third kappa shape index (κ3) is 5.62. The summed E-state index contributed by atoms with van der Waals surface area (Å²) < 4.78 is 1.84. The molecule has 4 rings (SSSR count). The van der Waals surface area contributed by atoms with Crippen molar-refractivity contribution in [2.45, 2.75) is 44.7 Å². The fraction of sp³-hybridized carbons (Fsp3) is 0.550. The number of aromatic nitrogens is 3. The summed E-state index contributed by atoms with van der Waals surface area (Å²) in [7, 11) is 0. The molecule has 7 nitrogen and oxygen atoms in total. The summed E-state index contributed by atoms with van der Waals surface area (Å²) in [5.74, 6) is -0.172. The van der Waals surface area contributed by atoms with E-state index in [0.29, 0.717) is 11.7 Å². The third-order valence-corrected chi connectivity index (χ3v) is 5.61. The van der Waals surface area contributed by atoms with E-state index in [-0.39, 0.29) is 36.8 Å². The van der Waals surface area contributed by atoms with Crippen LogP contribution in [0.5, 0.6) is 0 Å². The Hall–Kier alpha value is -1.83. The van der Waals surface area contributed by atoms with Crippen molar-refractivity contribution in [1.29, 1.82) is 0 Å². The van der Waals surface area contributed by atoms with Gasteiger partial charge in [-0.15, -0.1) is 29.9 Å². The van der Waals surface area contributed by atoms with Crippen molar-refractivity contribution in [3.05, 3.63) is 41.7 Å². The highest BCUT2D eigenvalue weighted by atomic mass is 35.5. The average Bonchev–Trinajstić information content (AvgIpc) is 3.41. The predicted octanol–water partition coefficient (Wildman–Crippen LogP) is 3.14. The van der Waals surface area contributed by atoms with Crippen molar-refractivity contribution >= 4 is 36.4 Å². The lowest BCUT2D eigenvalue weighted by atomic mass is 10.1. The topological polar surface area (TPSA) is 75.1 Å². The normalized spacial score (nSPS) is 17.9. The average molecular weight is 441 g/mol. The predicted molar refractivity (Wildman–Crippen MR) is 119 cm³/mol. The van der Waals surface area contributed by atoms with Gasteiger partial charge in [-0.2, -0.15) is 0 Å². The fourth-order valence-electron chi connectivity index (χ4n) is 3.95. The largest absolute Gasteiger partial charge is 0.372 e. The standard InChI is InChI=1S/C20H28N6O.2ClH/c1-15(16-5-4-6-18(13-16)25-11-2-3-12-25)22-20(27)19-14-26(24-23-19)17-7-9-21-10-8-17;;/h4-6,13-15,17,21H,2-3,7-12H2,1H3,(H,22,27);2*1H. The number of rotatable bonds is 5. The Morgan fingerprint density at radius 3 is 2.66 bits per heavy atom. The molecule has 1 aromatic carbocycles. The smallest absolute Gasteiger partial charge is 0.273 e. The molecule has 29 heavy (non-hydrogen) atoms. The van der Waals surface area contributed by atoms with Crippen LogP contribution in [0, 0.1) is 0 Å². The van der Waals surface area contributed by atoms with E-state index in [1.165, 1.54) is 18.5 Å². The van der Waals surface area contributed by atoms with E-state index < -0.39 is 0 Å². The Bertz CT molecular complexity index is 787. The minimum Gasteiger partial charge on any atom is -0.372 e. The summed E-state index contributed by atoms with van der Waals surface area (Å²) in [6.45, 7) is 6.21. The van der Waals surface area contributed by atoms with Crippen molar-refractivity contribution in [2.75, 3.05) is 31.1 Å². The van der Waals surface area contributed by atoms with Gasteiger partial charge in [-0.25, -0.2) is 4.68 Å². The van der Waals surface area contributed by atoms with E-state index in [1.54, 1.807) is 6.20 Å². The molecule has 2 saturated heterocycles. The maximum absolute atomic E-state index is 12.6. The van der Waals surface area contributed by atoms with Crippen LogP contribution in [-0.4, -0.2) is 47.1 Å². The van der Waals surface area contributed by atoms with Gasteiger partial charge in [0.2, 0.25) is 0 Å². The molecule has 2 N–H and O–H groups in total. The Labute approximate surface area is 184 Å². The van der Waals surface area contributed by atoms with Crippen molar-refractivity contribution < 1.29 is 4.79 Å². The summed E-state index contributed by atoms with van der Waals surface area (Å²) in [5.41, 5.74) is 2.73. The molecule has 0 bridgehead atoms. The summed E-state index contributed by atoms with van der Waals surface area (Å²) >= 11 is 0. The van der Waals surface area contributed by atoms with Crippen molar-refractivity contribution in [3.8, 4) is 0 Å². The summed E-state index contributed by atoms with van der Waals surface area (Å²) in [5, 5.41) is 14.7. The van der Waals surface area contributed by atoms with Gasteiger partial charge < -0.3 is 15.5 Å². The molecule has 0 spiro atoms. The highest BCUT2D eigenvalue weighted by molar-refractivity contribution is 5.92. The molecular weight excluding hydrogens is 411 g/mol. The number of hydrogen-bond acceptors (Lipinski definition) is 5. The molecule has 2 aliphatic rings. The van der Waals surface area contributed by atoms with Crippen LogP contribution in [-0.2, 0) is 0 Å². The van der Waals surface area contributed by atoms with Crippen LogP contribution in [0.2, 0.25) is 0 Å². The minimum absolute atomic E-state index is 0. The highest BCUT2D eigenvalue weighted by Crippen LogP contribution is 2.24. The zero-order valence-corrected chi connectivity index (χ0v) is 18.3. The second kappa shape index (κ2) is 10.8. The zero-order chi connectivity index (χ0) is 18.6. The van der Waals surface area contributed by atoms with E-state index in [0.717, 1.165) is 44.6 Å². The lowest BCUT2D eigenvalue weighted by Crippen LogP contribution is -2.29. The first-order valence-electron chi connectivity index (χ1n) is 9.99. The van der Waals surface area contributed by atoms with Gasteiger partial charge in [0.05, 0.1) is 18.3 Å². The molecule has 0 aliphatic carbocycles. The molecular formula is C20H30Cl2N6O. The molecule has 2 aromatic rings. The van der Waals surface area contributed by atoms with Crippen molar-refractivity contribution in [1.82, 2.24) is 25.6 Å². The van der Waals surface area contributed by atoms with Crippen LogP contribution >= 0.6 is 24.8 Å². The maximum atomic E-state index is 12.6. The van der Waals surface area contributed by atoms with E-state index in [9.17, 15) is 4.79 Å². The number of halogens is 2. The molecule has 0 radical (unpaired) electrons. The first kappa shape index (κ1) is 23.4. The third-order valence-electron chi connectivity index (χ3n) is 5.61. The Balaban J connectivity index is 0.00000150. The lowest BCUT2D eigenvalue weighted by Gasteiger charge is -2.22. The second-order valence-corrected chi connectivity index (χ2v) is 7.55. The van der Waals surface area contributed by atoms with Crippen LogP contribution < -0.4 is 15.5 Å². The van der Waals surface area contributed by atoms with Crippen LogP contribution in [0.1, 0.15) is 60.7 Å². The number of carbonyl (C=O) groups excluding carboxylic acids is 1. The number of anilines is 1. The van der Waals surface area contributed by atoms with Gasteiger partial charge in [0.15, 0.2) is 5.69 Å². The van der Waals surface area contributed by atoms with E-state index in [2.05, 4.69) is 50.1 Å². The van der Waals surface area contributed by atoms with Gasteiger partial charge in [0.1, 0.15) is 0 Å². The molecule has 1 unspecified atom stereocenters. The van der Waals surface area contributed by atoms with Gasteiger partial charge >= 0.3 is 0 Å². The number of piperidine rings is 1. The Morgan fingerprint density at radius 1 is 1.21 bits per heavy atom. The van der Waals surface area contributed by atoms with Crippen LogP contribution in [0.15, 0.2) is 30.5 Å². The Morgan fingerprint density at radius 2 is 1.93 bits per heavy atom. The zero-order valence-electron chi connectivity index (χ0n) is 16.7. The summed E-state index contributed by atoms with van der Waals surface area (Å²) in [6, 6.07) is 8.71. The summed E-state index contributed by atoms with van der Waals surface area (Å²) in [4.78, 5) is 15.0. The molecule has 1 atom stereocenters. The molecule has 9 heteroatoms. The van der Waals surface area contributed by atoms with E-state index in [4.69, 9.17) is 0 Å². The Kier molecular flexibility index (Phi) is 8.74. The van der Waals surface area contributed by atoms with Gasteiger partial charge in [0, 0.05) is 18.8 Å². The first-order valence-corrected chi connectivity index (χ1v) is 9.99. The number of carbonyl (C=O) groups is 1. The lowest BCUT2D eigenvalue weighted by molar-refractivity contribution is 0.0934. The van der Waals surface area contributed by atoms with E-state index in [1.807, 2.05) is 11.6 Å². The molecule has 1 amide bonds.